The molecule has 124 valence electrons. The van der Waals surface area contributed by atoms with Crippen LogP contribution in [-0.4, -0.2) is 22.7 Å². The average molecular weight is 335 g/mol. The van der Waals surface area contributed by atoms with Crippen molar-refractivity contribution < 1.29 is 14.0 Å². The highest BCUT2D eigenvalue weighted by Gasteiger charge is 2.29. The van der Waals surface area contributed by atoms with E-state index < -0.39 is 6.10 Å². The molecule has 1 atom stereocenters. The Balaban J connectivity index is 1.45. The number of carbonyl (C=O) groups is 1. The second-order valence-corrected chi connectivity index (χ2v) is 5.75. The molecule has 0 bridgehead atoms. The first-order valence-corrected chi connectivity index (χ1v) is 7.83. The summed E-state index contributed by atoms with van der Waals surface area (Å²) in [7, 11) is 0. The van der Waals surface area contributed by atoms with E-state index >= 15 is 0 Å². The summed E-state index contributed by atoms with van der Waals surface area (Å²) >= 11 is 0. The summed E-state index contributed by atoms with van der Waals surface area (Å²) in [6.07, 6.45) is 1.28. The topological polar surface area (TPSA) is 63.6 Å². The van der Waals surface area contributed by atoms with Crippen LogP contribution < -0.4 is 5.32 Å². The lowest BCUT2D eigenvalue weighted by Gasteiger charge is -2.10. The molecule has 1 aliphatic rings. The van der Waals surface area contributed by atoms with Crippen LogP contribution in [-0.2, 0) is 9.63 Å². The van der Waals surface area contributed by atoms with Gasteiger partial charge in [-0.05, 0) is 36.4 Å². The number of hydrogen-bond donors (Lipinski definition) is 1. The molecule has 2 heterocycles. The summed E-state index contributed by atoms with van der Waals surface area (Å²) in [4.78, 5) is 21.9. The number of halogens is 1. The molecule has 6 heteroatoms. The number of oxime groups is 1. The number of nitrogens with one attached hydrogen (secondary N) is 1. The third kappa shape index (κ3) is 3.19. The van der Waals surface area contributed by atoms with Gasteiger partial charge in [0, 0.05) is 29.3 Å². The van der Waals surface area contributed by atoms with E-state index in [1.807, 2.05) is 24.3 Å². The molecule has 0 aliphatic carbocycles. The number of pyridine rings is 1. The first-order chi connectivity index (χ1) is 12.2. The first kappa shape index (κ1) is 15.3. The van der Waals surface area contributed by atoms with Crippen LogP contribution in [0.15, 0.2) is 65.9 Å². The monoisotopic (exact) mass is 335 g/mol. The van der Waals surface area contributed by atoms with Gasteiger partial charge in [-0.25, -0.2) is 4.39 Å². The molecule has 2 aromatic carbocycles. The number of aromatic nitrogens is 1. The zero-order chi connectivity index (χ0) is 17.2. The van der Waals surface area contributed by atoms with E-state index in [0.29, 0.717) is 23.4 Å². The molecule has 1 aliphatic heterocycles. The van der Waals surface area contributed by atoms with E-state index in [0.717, 1.165) is 10.9 Å². The van der Waals surface area contributed by atoms with Crippen LogP contribution in [0, 0.1) is 5.82 Å². The standard InChI is InChI=1S/C19H14FN3O2/c20-14-5-1-3-12(9-14)17-11-18(25-23-17)19(24)22-15-6-7-16-13(10-15)4-2-8-21-16/h1-10,18H,11H2,(H,22,24). The van der Waals surface area contributed by atoms with Crippen molar-refractivity contribution in [3.05, 3.63) is 72.2 Å². The normalized spacial score (nSPS) is 16.4. The minimum absolute atomic E-state index is 0.293. The summed E-state index contributed by atoms with van der Waals surface area (Å²) in [6, 6.07) is 15.3. The van der Waals surface area contributed by atoms with E-state index in [9.17, 15) is 9.18 Å². The summed E-state index contributed by atoms with van der Waals surface area (Å²) < 4.78 is 13.3. The zero-order valence-corrected chi connectivity index (χ0v) is 13.1. The van der Waals surface area contributed by atoms with E-state index in [-0.39, 0.29) is 11.7 Å². The number of hydrogen-bond acceptors (Lipinski definition) is 4. The van der Waals surface area contributed by atoms with E-state index in [1.165, 1.54) is 12.1 Å². The minimum atomic E-state index is -0.733. The predicted molar refractivity (Wildman–Crippen MR) is 92.8 cm³/mol. The molecule has 5 nitrogen and oxygen atoms in total. The molecule has 1 unspecified atom stereocenters. The zero-order valence-electron chi connectivity index (χ0n) is 13.1. The second kappa shape index (κ2) is 6.32. The number of carbonyl (C=O) groups excluding carboxylic acids is 1. The van der Waals surface area contributed by atoms with Crippen LogP contribution in [0.3, 0.4) is 0 Å². The van der Waals surface area contributed by atoms with Crippen molar-refractivity contribution in [2.24, 2.45) is 5.16 Å². The Morgan fingerprint density at radius 2 is 2.08 bits per heavy atom. The molecular weight excluding hydrogens is 321 g/mol. The summed E-state index contributed by atoms with van der Waals surface area (Å²) in [5, 5.41) is 7.68. The lowest BCUT2D eigenvalue weighted by Crippen LogP contribution is -2.28. The highest BCUT2D eigenvalue weighted by molar-refractivity contribution is 6.06. The van der Waals surface area contributed by atoms with Gasteiger partial charge < -0.3 is 10.2 Å². The number of anilines is 1. The number of rotatable bonds is 3. The molecule has 1 N–H and O–H groups in total. The molecule has 25 heavy (non-hydrogen) atoms. The maximum Gasteiger partial charge on any atom is 0.268 e. The molecule has 4 rings (SSSR count). The Morgan fingerprint density at radius 3 is 2.96 bits per heavy atom. The third-order valence-corrected chi connectivity index (χ3v) is 3.99. The van der Waals surface area contributed by atoms with Gasteiger partial charge in [0.1, 0.15) is 5.82 Å². The molecule has 1 amide bonds. The van der Waals surface area contributed by atoms with Crippen molar-refractivity contribution in [2.75, 3.05) is 5.32 Å². The van der Waals surface area contributed by atoms with Crippen molar-refractivity contribution >= 4 is 28.2 Å². The largest absolute Gasteiger partial charge is 0.382 e. The highest BCUT2D eigenvalue weighted by atomic mass is 19.1. The summed E-state index contributed by atoms with van der Waals surface area (Å²) in [6.45, 7) is 0. The fourth-order valence-corrected chi connectivity index (χ4v) is 2.73. The van der Waals surface area contributed by atoms with E-state index in [1.54, 1.807) is 24.4 Å². The molecule has 0 fully saturated rings. The van der Waals surface area contributed by atoms with Gasteiger partial charge in [0.2, 0.25) is 6.10 Å². The first-order valence-electron chi connectivity index (χ1n) is 7.83. The van der Waals surface area contributed by atoms with Crippen LogP contribution in [0.4, 0.5) is 10.1 Å². The van der Waals surface area contributed by atoms with Crippen LogP contribution in [0.5, 0.6) is 0 Å². The lowest BCUT2D eigenvalue weighted by atomic mass is 10.0. The molecule has 0 saturated carbocycles. The van der Waals surface area contributed by atoms with Crippen molar-refractivity contribution in [3.63, 3.8) is 0 Å². The SMILES string of the molecule is O=C(Nc1ccc2ncccc2c1)C1CC(c2cccc(F)c2)=NO1. The lowest BCUT2D eigenvalue weighted by molar-refractivity contribution is -0.125. The van der Waals surface area contributed by atoms with Crippen molar-refractivity contribution in [1.29, 1.82) is 0 Å². The Labute approximate surface area is 143 Å². The van der Waals surface area contributed by atoms with Gasteiger partial charge in [0.25, 0.3) is 5.91 Å². The molecule has 3 aromatic rings. The fourth-order valence-electron chi connectivity index (χ4n) is 2.73. The molecule has 0 saturated heterocycles. The number of nitrogens with zero attached hydrogens (tertiary/aromatic N) is 2. The molecule has 0 spiro atoms. The van der Waals surface area contributed by atoms with Crippen molar-refractivity contribution in [2.45, 2.75) is 12.5 Å². The van der Waals surface area contributed by atoms with Gasteiger partial charge in [0.05, 0.1) is 11.2 Å². The van der Waals surface area contributed by atoms with E-state index in [4.69, 9.17) is 4.84 Å². The third-order valence-electron chi connectivity index (χ3n) is 3.99. The quantitative estimate of drug-likeness (QED) is 0.797. The average Bonchev–Trinajstić information content (AvgIpc) is 3.12. The Kier molecular flexibility index (Phi) is 3.85. The van der Waals surface area contributed by atoms with Gasteiger partial charge in [-0.1, -0.05) is 23.4 Å². The second-order valence-electron chi connectivity index (χ2n) is 5.75. The maximum absolute atomic E-state index is 13.3. The fraction of sp³-hybridized carbons (Fsp3) is 0.105. The van der Waals surface area contributed by atoms with Crippen LogP contribution in [0.1, 0.15) is 12.0 Å². The van der Waals surface area contributed by atoms with Crippen LogP contribution in [0.2, 0.25) is 0 Å². The van der Waals surface area contributed by atoms with Gasteiger partial charge in [-0.3, -0.25) is 9.78 Å². The van der Waals surface area contributed by atoms with Crippen LogP contribution >= 0.6 is 0 Å². The van der Waals surface area contributed by atoms with Crippen molar-refractivity contribution in [1.82, 2.24) is 4.98 Å². The van der Waals surface area contributed by atoms with Gasteiger partial charge >= 0.3 is 0 Å². The molecule has 1 aromatic heterocycles. The van der Waals surface area contributed by atoms with Crippen LogP contribution in [0.25, 0.3) is 10.9 Å². The van der Waals surface area contributed by atoms with Gasteiger partial charge in [0.15, 0.2) is 0 Å². The number of fused-ring (bicyclic) bond motifs is 1. The minimum Gasteiger partial charge on any atom is -0.382 e. The number of benzene rings is 2. The maximum atomic E-state index is 13.3. The summed E-state index contributed by atoms with van der Waals surface area (Å²) in [5.74, 6) is -0.642. The van der Waals surface area contributed by atoms with Crippen molar-refractivity contribution in [3.8, 4) is 0 Å². The Hall–Kier alpha value is -3.28. The summed E-state index contributed by atoms with van der Waals surface area (Å²) in [5.41, 5.74) is 2.69. The highest BCUT2D eigenvalue weighted by Crippen LogP contribution is 2.21. The van der Waals surface area contributed by atoms with Gasteiger partial charge in [-0.15, -0.1) is 0 Å². The van der Waals surface area contributed by atoms with E-state index in [2.05, 4.69) is 15.5 Å². The smallest absolute Gasteiger partial charge is 0.268 e. The number of amides is 1. The molecule has 0 radical (unpaired) electrons. The molecular formula is C19H14FN3O2. The Morgan fingerprint density at radius 1 is 1.16 bits per heavy atom. The predicted octanol–water partition coefficient (Wildman–Crippen LogP) is 3.51. The van der Waals surface area contributed by atoms with Gasteiger partial charge in [-0.2, -0.15) is 0 Å². The Bertz CT molecular complexity index is 987.